The van der Waals surface area contributed by atoms with Crippen LogP contribution >= 0.6 is 0 Å². The molecule has 0 spiro atoms. The van der Waals surface area contributed by atoms with Crippen molar-refractivity contribution in [2.24, 2.45) is 0 Å². The first kappa shape index (κ1) is 13.0. The van der Waals surface area contributed by atoms with E-state index in [1.807, 2.05) is 31.2 Å². The average molecular weight is 225 g/mol. The van der Waals surface area contributed by atoms with Crippen LogP contribution in [0.2, 0.25) is 0 Å². The Morgan fingerprint density at radius 3 is 2.44 bits per heavy atom. The predicted molar refractivity (Wildman–Crippen MR) is 62.9 cm³/mol. The van der Waals surface area contributed by atoms with Crippen molar-refractivity contribution in [3.8, 4) is 0 Å². The van der Waals surface area contributed by atoms with Crippen LogP contribution in [0, 0.1) is 0 Å². The Bertz CT molecular complexity index is 328. The lowest BCUT2D eigenvalue weighted by Gasteiger charge is -2.25. The van der Waals surface area contributed by atoms with Gasteiger partial charge in [-0.05, 0) is 18.6 Å². The normalized spacial score (nSPS) is 16.8. The fourth-order valence-corrected chi connectivity index (χ4v) is 1.70. The van der Waals surface area contributed by atoms with E-state index in [0.29, 0.717) is 5.69 Å². The molecule has 2 unspecified atom stereocenters. The van der Waals surface area contributed by atoms with Gasteiger partial charge in [-0.1, -0.05) is 25.1 Å². The molecule has 16 heavy (non-hydrogen) atoms. The van der Waals surface area contributed by atoms with Crippen molar-refractivity contribution < 1.29 is 14.9 Å². The maximum Gasteiger partial charge on any atom is 0.152 e. The van der Waals surface area contributed by atoms with E-state index >= 15 is 0 Å². The lowest BCUT2D eigenvalue weighted by Crippen LogP contribution is -2.28. The Labute approximate surface area is 95.7 Å². The molecule has 0 radical (unpaired) electrons. The Morgan fingerprint density at radius 2 is 1.94 bits per heavy atom. The molecule has 0 aliphatic carbocycles. The van der Waals surface area contributed by atoms with Gasteiger partial charge in [0.2, 0.25) is 0 Å². The van der Waals surface area contributed by atoms with Gasteiger partial charge in [0.15, 0.2) is 6.29 Å². The number of para-hydroxylation sites is 1. The third kappa shape index (κ3) is 3.20. The number of anilines is 1. The minimum Gasteiger partial charge on any atom is -0.398 e. The number of aliphatic hydroxyl groups is 2. The molecular formula is C12H19NO3. The molecule has 0 aromatic heterocycles. The highest BCUT2D eigenvalue weighted by Crippen LogP contribution is 2.26. The number of hydrogen-bond donors (Lipinski definition) is 3. The van der Waals surface area contributed by atoms with Gasteiger partial charge in [-0.15, -0.1) is 0 Å². The molecule has 0 fully saturated rings. The van der Waals surface area contributed by atoms with Crippen LogP contribution in [-0.4, -0.2) is 29.2 Å². The lowest BCUT2D eigenvalue weighted by molar-refractivity contribution is -0.141. The van der Waals surface area contributed by atoms with Gasteiger partial charge in [-0.2, -0.15) is 0 Å². The first-order valence-corrected chi connectivity index (χ1v) is 5.35. The van der Waals surface area contributed by atoms with Crippen molar-refractivity contribution in [3.63, 3.8) is 0 Å². The number of rotatable bonds is 5. The Morgan fingerprint density at radius 1 is 1.31 bits per heavy atom. The van der Waals surface area contributed by atoms with E-state index in [1.165, 1.54) is 6.92 Å². The van der Waals surface area contributed by atoms with Crippen molar-refractivity contribution >= 4 is 5.69 Å². The van der Waals surface area contributed by atoms with Gasteiger partial charge in [0.25, 0.3) is 0 Å². The third-order valence-electron chi connectivity index (χ3n) is 2.60. The summed E-state index contributed by atoms with van der Waals surface area (Å²) in [5, 5.41) is 18.4. The molecule has 3 atom stereocenters. The zero-order valence-corrected chi connectivity index (χ0v) is 9.63. The van der Waals surface area contributed by atoms with E-state index in [2.05, 4.69) is 0 Å². The van der Waals surface area contributed by atoms with Crippen LogP contribution in [0.25, 0.3) is 0 Å². The number of nitrogens with two attached hydrogens (primary N) is 1. The standard InChI is InChI=1S/C12H19NO3/c1-8(12(7-14)16-9(2)15)10-5-3-4-6-11(10)13/h3-6,8-9,12,14-15H,7,13H2,1-2H3/t8-,9?,12?/m1/s1. The second kappa shape index (κ2) is 5.84. The molecule has 90 valence electrons. The highest BCUT2D eigenvalue weighted by Gasteiger charge is 2.21. The lowest BCUT2D eigenvalue weighted by atomic mass is 9.94. The van der Waals surface area contributed by atoms with Gasteiger partial charge < -0.3 is 20.7 Å². The molecule has 0 saturated carbocycles. The Balaban J connectivity index is 2.82. The topological polar surface area (TPSA) is 75.7 Å². The van der Waals surface area contributed by atoms with Gasteiger partial charge in [-0.25, -0.2) is 0 Å². The maximum atomic E-state index is 9.22. The van der Waals surface area contributed by atoms with Crippen LogP contribution in [0.5, 0.6) is 0 Å². The molecule has 0 aliphatic rings. The van der Waals surface area contributed by atoms with E-state index in [4.69, 9.17) is 15.6 Å². The highest BCUT2D eigenvalue weighted by atomic mass is 16.6. The molecule has 4 N–H and O–H groups in total. The molecule has 0 heterocycles. The van der Waals surface area contributed by atoms with Gasteiger partial charge >= 0.3 is 0 Å². The monoisotopic (exact) mass is 225 g/mol. The van der Waals surface area contributed by atoms with Gasteiger partial charge in [0.1, 0.15) is 0 Å². The van der Waals surface area contributed by atoms with Gasteiger partial charge in [0, 0.05) is 11.6 Å². The van der Waals surface area contributed by atoms with E-state index in [9.17, 15) is 5.11 Å². The van der Waals surface area contributed by atoms with Crippen molar-refractivity contribution in [1.82, 2.24) is 0 Å². The first-order chi connectivity index (χ1) is 7.56. The number of ether oxygens (including phenoxy) is 1. The van der Waals surface area contributed by atoms with E-state index in [-0.39, 0.29) is 12.5 Å². The number of aliphatic hydroxyl groups excluding tert-OH is 2. The van der Waals surface area contributed by atoms with E-state index in [0.717, 1.165) is 5.56 Å². The minimum atomic E-state index is -0.899. The second-order valence-corrected chi connectivity index (χ2v) is 3.87. The molecule has 1 aromatic rings. The highest BCUT2D eigenvalue weighted by molar-refractivity contribution is 5.48. The van der Waals surface area contributed by atoms with Gasteiger partial charge in [-0.3, -0.25) is 0 Å². The van der Waals surface area contributed by atoms with Crippen LogP contribution in [0.4, 0.5) is 5.69 Å². The summed E-state index contributed by atoms with van der Waals surface area (Å²) in [6, 6.07) is 7.45. The maximum absolute atomic E-state index is 9.22. The third-order valence-corrected chi connectivity index (χ3v) is 2.60. The Kier molecular flexibility index (Phi) is 4.73. The van der Waals surface area contributed by atoms with Crippen LogP contribution in [0.3, 0.4) is 0 Å². The number of hydrogen-bond acceptors (Lipinski definition) is 4. The summed E-state index contributed by atoms with van der Waals surface area (Å²) in [4.78, 5) is 0. The molecule has 0 aliphatic heterocycles. The zero-order chi connectivity index (χ0) is 12.1. The SMILES string of the molecule is CC(O)OC(CO)[C@H](C)c1ccccc1N. The average Bonchev–Trinajstić information content (AvgIpc) is 2.25. The van der Waals surface area contributed by atoms with Crippen LogP contribution in [0.1, 0.15) is 25.3 Å². The van der Waals surface area contributed by atoms with Crippen molar-refractivity contribution in [3.05, 3.63) is 29.8 Å². The number of nitrogen functional groups attached to an aromatic ring is 1. The van der Waals surface area contributed by atoms with Crippen LogP contribution < -0.4 is 5.73 Å². The molecular weight excluding hydrogens is 206 g/mol. The summed E-state index contributed by atoms with van der Waals surface area (Å²) in [7, 11) is 0. The molecule has 0 bridgehead atoms. The van der Waals surface area contributed by atoms with E-state index < -0.39 is 12.4 Å². The predicted octanol–water partition coefficient (Wildman–Crippen LogP) is 1.09. The number of benzene rings is 1. The smallest absolute Gasteiger partial charge is 0.152 e. The second-order valence-electron chi connectivity index (χ2n) is 3.87. The summed E-state index contributed by atoms with van der Waals surface area (Å²) < 4.78 is 5.22. The minimum absolute atomic E-state index is 0.0687. The molecule has 1 rings (SSSR count). The van der Waals surface area contributed by atoms with Gasteiger partial charge in [0.05, 0.1) is 12.7 Å². The quantitative estimate of drug-likeness (QED) is 0.518. The van der Waals surface area contributed by atoms with Crippen molar-refractivity contribution in [2.75, 3.05) is 12.3 Å². The molecule has 4 nitrogen and oxygen atoms in total. The first-order valence-electron chi connectivity index (χ1n) is 5.35. The molecule has 0 amide bonds. The van der Waals surface area contributed by atoms with E-state index in [1.54, 1.807) is 0 Å². The van der Waals surface area contributed by atoms with Crippen LogP contribution in [0.15, 0.2) is 24.3 Å². The summed E-state index contributed by atoms with van der Waals surface area (Å²) in [5.41, 5.74) is 7.43. The van der Waals surface area contributed by atoms with Crippen molar-refractivity contribution in [2.45, 2.75) is 32.2 Å². The summed E-state index contributed by atoms with van der Waals surface area (Å²) >= 11 is 0. The largest absolute Gasteiger partial charge is 0.398 e. The fraction of sp³-hybridized carbons (Fsp3) is 0.500. The van der Waals surface area contributed by atoms with Crippen molar-refractivity contribution in [1.29, 1.82) is 0 Å². The summed E-state index contributed by atoms with van der Waals surface area (Å²) in [5.74, 6) is -0.0687. The summed E-state index contributed by atoms with van der Waals surface area (Å²) in [6.45, 7) is 3.28. The zero-order valence-electron chi connectivity index (χ0n) is 9.63. The molecule has 4 heteroatoms. The Hall–Kier alpha value is -1.10. The summed E-state index contributed by atoms with van der Waals surface area (Å²) in [6.07, 6.45) is -1.35. The molecule has 1 aromatic carbocycles. The van der Waals surface area contributed by atoms with Crippen LogP contribution in [-0.2, 0) is 4.74 Å². The fourth-order valence-electron chi connectivity index (χ4n) is 1.70. The molecule has 0 saturated heterocycles.